The van der Waals surface area contributed by atoms with Crippen molar-refractivity contribution in [2.45, 2.75) is 31.1 Å². The number of hydrogen-bond donors (Lipinski definition) is 0. The molecule has 1 aliphatic heterocycles. The molecule has 2 aromatic carbocycles. The van der Waals surface area contributed by atoms with Crippen molar-refractivity contribution < 1.29 is 40.0 Å². The van der Waals surface area contributed by atoms with Crippen molar-refractivity contribution in [3.8, 4) is 11.5 Å². The number of ether oxygens (including phenoxy) is 2. The summed E-state index contributed by atoms with van der Waals surface area (Å²) in [7, 11) is -5.91. The van der Waals surface area contributed by atoms with Crippen LogP contribution in [0.1, 0.15) is 29.8 Å². The Morgan fingerprint density at radius 1 is 1.17 bits per heavy atom. The number of carbonyl (C=O) groups is 1. The summed E-state index contributed by atoms with van der Waals surface area (Å²) in [5.74, 6) is -1.25. The molecule has 1 heterocycles. The van der Waals surface area contributed by atoms with Crippen molar-refractivity contribution in [3.05, 3.63) is 58.6 Å². The summed E-state index contributed by atoms with van der Waals surface area (Å²) in [4.78, 5) is 12.3. The standard InChI is InChI=1S/C18H14ClF3O6S/c1-17(2)11-8-14(28-29(24,25)18(20,21)22)12(19)9-13(11)26-16(17)27-15(23)10-6-4-3-5-7-10/h3-9,16H,1-2H3. The molecule has 1 unspecified atom stereocenters. The lowest BCUT2D eigenvalue weighted by molar-refractivity contribution is -0.0684. The van der Waals surface area contributed by atoms with Crippen molar-refractivity contribution in [2.75, 3.05) is 0 Å². The zero-order chi connectivity index (χ0) is 21.6. The van der Waals surface area contributed by atoms with Gasteiger partial charge in [-0.05, 0) is 32.0 Å². The number of hydrogen-bond acceptors (Lipinski definition) is 6. The minimum absolute atomic E-state index is 0.127. The van der Waals surface area contributed by atoms with Crippen LogP contribution in [0.15, 0.2) is 42.5 Å². The van der Waals surface area contributed by atoms with Crippen molar-refractivity contribution >= 4 is 27.7 Å². The van der Waals surface area contributed by atoms with E-state index in [9.17, 15) is 26.4 Å². The predicted octanol–water partition coefficient (Wildman–Crippen LogP) is 4.42. The van der Waals surface area contributed by atoms with Crippen molar-refractivity contribution in [1.82, 2.24) is 0 Å². The second kappa shape index (κ2) is 7.10. The van der Waals surface area contributed by atoms with Gasteiger partial charge in [0.05, 0.1) is 16.0 Å². The van der Waals surface area contributed by atoms with Crippen LogP contribution < -0.4 is 8.92 Å². The Bertz CT molecular complexity index is 1050. The van der Waals surface area contributed by atoms with Crippen LogP contribution in [0.25, 0.3) is 0 Å². The number of fused-ring (bicyclic) bond motifs is 1. The number of esters is 1. The van der Waals surface area contributed by atoms with E-state index in [0.717, 1.165) is 12.1 Å². The SMILES string of the molecule is CC1(C)c2cc(OS(=O)(=O)C(F)(F)F)c(Cl)cc2OC1OC(=O)c1ccccc1. The van der Waals surface area contributed by atoms with Gasteiger partial charge in [-0.1, -0.05) is 29.8 Å². The first-order valence-electron chi connectivity index (χ1n) is 8.10. The van der Waals surface area contributed by atoms with Gasteiger partial charge in [-0.2, -0.15) is 21.6 Å². The molecule has 29 heavy (non-hydrogen) atoms. The van der Waals surface area contributed by atoms with E-state index in [1.807, 2.05) is 0 Å². The molecule has 0 N–H and O–H groups in total. The number of halogens is 4. The summed E-state index contributed by atoms with van der Waals surface area (Å²) in [6, 6.07) is 10.2. The van der Waals surface area contributed by atoms with Crippen LogP contribution in [0.2, 0.25) is 5.02 Å². The van der Waals surface area contributed by atoms with Gasteiger partial charge in [-0.25, -0.2) is 4.79 Å². The van der Waals surface area contributed by atoms with Crippen LogP contribution in [-0.4, -0.2) is 26.2 Å². The van der Waals surface area contributed by atoms with E-state index in [1.165, 1.54) is 0 Å². The lowest BCUT2D eigenvalue weighted by atomic mass is 9.85. The second-order valence-electron chi connectivity index (χ2n) is 6.70. The van der Waals surface area contributed by atoms with E-state index in [2.05, 4.69) is 4.18 Å². The second-order valence-corrected chi connectivity index (χ2v) is 8.65. The highest BCUT2D eigenvalue weighted by Crippen LogP contribution is 2.48. The minimum atomic E-state index is -5.91. The molecule has 0 fully saturated rings. The molecule has 0 aromatic heterocycles. The highest BCUT2D eigenvalue weighted by Gasteiger charge is 2.50. The molecule has 0 radical (unpaired) electrons. The van der Waals surface area contributed by atoms with Gasteiger partial charge in [0.15, 0.2) is 5.75 Å². The van der Waals surface area contributed by atoms with Gasteiger partial charge in [0.2, 0.25) is 0 Å². The lowest BCUT2D eigenvalue weighted by Gasteiger charge is -2.25. The fourth-order valence-electron chi connectivity index (χ4n) is 2.67. The average Bonchev–Trinajstić information content (AvgIpc) is 2.85. The van der Waals surface area contributed by atoms with Gasteiger partial charge in [0, 0.05) is 11.6 Å². The highest BCUT2D eigenvalue weighted by molar-refractivity contribution is 7.88. The summed E-state index contributed by atoms with van der Waals surface area (Å²) in [5, 5.41) is -0.414. The normalized spacial score (nSPS) is 17.9. The first-order chi connectivity index (χ1) is 13.3. The average molecular weight is 451 g/mol. The third-order valence-electron chi connectivity index (χ3n) is 4.26. The van der Waals surface area contributed by atoms with Crippen LogP contribution in [0.5, 0.6) is 11.5 Å². The smallest absolute Gasteiger partial charge is 0.453 e. The Labute approximate surface area is 169 Å². The molecule has 0 saturated carbocycles. The quantitative estimate of drug-likeness (QED) is 0.390. The Hall–Kier alpha value is -2.46. The molecule has 3 rings (SSSR count). The fourth-order valence-corrected chi connectivity index (χ4v) is 3.37. The van der Waals surface area contributed by atoms with Crippen LogP contribution in [0.4, 0.5) is 13.2 Å². The maximum Gasteiger partial charge on any atom is 0.534 e. The van der Waals surface area contributed by atoms with Gasteiger partial charge in [0.1, 0.15) is 5.75 Å². The molecular weight excluding hydrogens is 437 g/mol. The highest BCUT2D eigenvalue weighted by atomic mass is 35.5. The number of alkyl halides is 3. The van der Waals surface area contributed by atoms with Gasteiger partial charge >= 0.3 is 21.6 Å². The van der Waals surface area contributed by atoms with E-state index in [4.69, 9.17) is 21.1 Å². The van der Waals surface area contributed by atoms with Crippen LogP contribution >= 0.6 is 11.6 Å². The summed E-state index contributed by atoms with van der Waals surface area (Å²) in [6.07, 6.45) is -1.13. The third kappa shape index (κ3) is 3.99. The van der Waals surface area contributed by atoms with Gasteiger partial charge in [0.25, 0.3) is 6.29 Å². The maximum absolute atomic E-state index is 12.6. The molecule has 1 atom stereocenters. The van der Waals surface area contributed by atoms with Crippen LogP contribution in [0, 0.1) is 0 Å². The summed E-state index contributed by atoms with van der Waals surface area (Å²) >= 11 is 5.86. The molecule has 0 bridgehead atoms. The Morgan fingerprint density at radius 2 is 1.79 bits per heavy atom. The molecule has 11 heteroatoms. The molecule has 1 aliphatic rings. The number of benzene rings is 2. The lowest BCUT2D eigenvalue weighted by Crippen LogP contribution is -2.36. The topological polar surface area (TPSA) is 78.9 Å². The number of rotatable bonds is 4. The minimum Gasteiger partial charge on any atom is -0.453 e. The first kappa shape index (κ1) is 21.3. The van der Waals surface area contributed by atoms with Crippen molar-refractivity contribution in [1.29, 1.82) is 0 Å². The third-order valence-corrected chi connectivity index (χ3v) is 5.52. The van der Waals surface area contributed by atoms with Gasteiger partial charge in [-0.3, -0.25) is 0 Å². The molecule has 2 aromatic rings. The van der Waals surface area contributed by atoms with E-state index in [0.29, 0.717) is 0 Å². The first-order valence-corrected chi connectivity index (χ1v) is 9.89. The maximum atomic E-state index is 12.6. The summed E-state index contributed by atoms with van der Waals surface area (Å²) in [5.41, 5.74) is -6.11. The molecule has 0 amide bonds. The van der Waals surface area contributed by atoms with Gasteiger partial charge in [-0.15, -0.1) is 0 Å². The molecule has 6 nitrogen and oxygen atoms in total. The van der Waals surface area contributed by atoms with Gasteiger partial charge < -0.3 is 13.7 Å². The molecule has 0 aliphatic carbocycles. The van der Waals surface area contributed by atoms with Crippen LogP contribution in [-0.2, 0) is 20.3 Å². The zero-order valence-corrected chi connectivity index (χ0v) is 16.6. The Balaban J connectivity index is 1.89. The Kier molecular flexibility index (Phi) is 5.20. The monoisotopic (exact) mass is 450 g/mol. The van der Waals surface area contributed by atoms with E-state index in [-0.39, 0.29) is 16.9 Å². The molecule has 0 spiro atoms. The fraction of sp³-hybridized carbons (Fsp3) is 0.278. The summed E-state index contributed by atoms with van der Waals surface area (Å²) < 4.78 is 75.5. The largest absolute Gasteiger partial charge is 0.534 e. The van der Waals surface area contributed by atoms with Crippen molar-refractivity contribution in [3.63, 3.8) is 0 Å². The van der Waals surface area contributed by atoms with Crippen LogP contribution in [0.3, 0.4) is 0 Å². The molecule has 0 saturated heterocycles. The molecular formula is C18H14ClF3O6S. The molecule has 156 valence electrons. The van der Waals surface area contributed by atoms with E-state index >= 15 is 0 Å². The van der Waals surface area contributed by atoms with E-state index < -0.39 is 44.1 Å². The zero-order valence-electron chi connectivity index (χ0n) is 15.0. The summed E-state index contributed by atoms with van der Waals surface area (Å²) in [6.45, 7) is 3.22. The number of carbonyl (C=O) groups excluding carboxylic acids is 1. The van der Waals surface area contributed by atoms with Crippen molar-refractivity contribution in [2.24, 2.45) is 0 Å². The predicted molar refractivity (Wildman–Crippen MR) is 96.4 cm³/mol. The Morgan fingerprint density at radius 3 is 2.38 bits per heavy atom. The van der Waals surface area contributed by atoms with E-state index in [1.54, 1.807) is 44.2 Å².